The number of imidazole rings is 1. The Hall–Kier alpha value is -4.12. The van der Waals surface area contributed by atoms with E-state index in [4.69, 9.17) is 19.7 Å². The Balaban J connectivity index is 1.46. The van der Waals surface area contributed by atoms with Gasteiger partial charge in [-0.2, -0.15) is 10.4 Å². The van der Waals surface area contributed by atoms with Crippen molar-refractivity contribution < 1.29 is 9.47 Å². The normalized spacial score (nSPS) is 13.4. The second kappa shape index (κ2) is 8.67. The Kier molecular flexibility index (Phi) is 5.54. The molecule has 0 N–H and O–H groups in total. The molecule has 1 atom stereocenters. The Labute approximate surface area is 198 Å². The van der Waals surface area contributed by atoms with Crippen LogP contribution >= 0.6 is 0 Å². The maximum absolute atomic E-state index is 9.17. The molecule has 2 aromatic carbocycles. The zero-order valence-corrected chi connectivity index (χ0v) is 19.7. The molecule has 172 valence electrons. The molecule has 0 radical (unpaired) electrons. The number of nitriles is 1. The summed E-state index contributed by atoms with van der Waals surface area (Å²) in [6, 6.07) is 15.6. The summed E-state index contributed by atoms with van der Waals surface area (Å²) >= 11 is 0. The van der Waals surface area contributed by atoms with Gasteiger partial charge in [0.05, 0.1) is 23.7 Å². The molecule has 0 saturated carbocycles. The van der Waals surface area contributed by atoms with Gasteiger partial charge in [-0.3, -0.25) is 0 Å². The molecule has 1 unspecified atom stereocenters. The molecule has 0 bridgehead atoms. The van der Waals surface area contributed by atoms with E-state index in [-0.39, 0.29) is 12.1 Å². The van der Waals surface area contributed by atoms with Crippen LogP contribution in [0.3, 0.4) is 0 Å². The van der Waals surface area contributed by atoms with Gasteiger partial charge in [-0.15, -0.1) is 0 Å². The zero-order chi connectivity index (χ0) is 23.8. The first-order chi connectivity index (χ1) is 16.4. The molecule has 34 heavy (non-hydrogen) atoms. The Bertz CT molecular complexity index is 1390. The van der Waals surface area contributed by atoms with E-state index in [0.29, 0.717) is 24.5 Å². The largest absolute Gasteiger partial charge is 0.491 e. The van der Waals surface area contributed by atoms with E-state index in [1.165, 1.54) is 0 Å². The first kappa shape index (κ1) is 21.7. The number of aromatic nitrogens is 5. The monoisotopic (exact) mass is 454 g/mol. The van der Waals surface area contributed by atoms with Gasteiger partial charge in [0.2, 0.25) is 0 Å². The molecule has 2 aromatic heterocycles. The number of ether oxygens (including phenoxy) is 2. The molecule has 5 rings (SSSR count). The molecule has 1 aliphatic rings. The minimum absolute atomic E-state index is 0.184. The molecule has 0 aliphatic carbocycles. The van der Waals surface area contributed by atoms with E-state index in [1.807, 2.05) is 61.1 Å². The molecule has 8 nitrogen and oxygen atoms in total. The highest BCUT2D eigenvalue weighted by Crippen LogP contribution is 2.37. The average Bonchev–Trinajstić information content (AvgIpc) is 3.39. The van der Waals surface area contributed by atoms with Crippen LogP contribution in [0, 0.1) is 18.3 Å². The molecule has 0 spiro atoms. The lowest BCUT2D eigenvalue weighted by atomic mass is 10.1. The van der Waals surface area contributed by atoms with E-state index in [2.05, 4.69) is 34.6 Å². The Morgan fingerprint density at radius 3 is 2.74 bits per heavy atom. The molecule has 1 aliphatic heterocycles. The van der Waals surface area contributed by atoms with Crippen molar-refractivity contribution in [1.29, 1.82) is 5.26 Å². The highest BCUT2D eigenvalue weighted by Gasteiger charge is 2.23. The van der Waals surface area contributed by atoms with Crippen molar-refractivity contribution >= 4 is 0 Å². The average molecular weight is 455 g/mol. The number of hydrogen-bond acceptors (Lipinski definition) is 6. The summed E-state index contributed by atoms with van der Waals surface area (Å²) < 4.78 is 16.2. The van der Waals surface area contributed by atoms with Gasteiger partial charge in [-0.25, -0.2) is 14.6 Å². The summed E-state index contributed by atoms with van der Waals surface area (Å²) in [5.41, 5.74) is 3.26. The molecular weight excluding hydrogens is 428 g/mol. The topological polar surface area (TPSA) is 90.8 Å². The number of nitrogens with zero attached hydrogens (tertiary/aromatic N) is 6. The van der Waals surface area contributed by atoms with Crippen LogP contribution in [0.1, 0.15) is 49.9 Å². The summed E-state index contributed by atoms with van der Waals surface area (Å²) in [7, 11) is 0. The van der Waals surface area contributed by atoms with Crippen LogP contribution in [0.15, 0.2) is 48.7 Å². The molecular formula is C26H26N6O2. The third-order valence-corrected chi connectivity index (χ3v) is 5.81. The number of rotatable bonds is 5. The summed E-state index contributed by atoms with van der Waals surface area (Å²) in [4.78, 5) is 9.54. The smallest absolute Gasteiger partial charge is 0.178 e. The van der Waals surface area contributed by atoms with Crippen LogP contribution in [-0.4, -0.2) is 30.9 Å². The van der Waals surface area contributed by atoms with Crippen molar-refractivity contribution in [3.8, 4) is 40.5 Å². The number of benzene rings is 2. The molecule has 0 saturated heterocycles. The SMILES string of the molecule is Cc1nc(-c2cn3c(n2)-c2ccc(OC(C)c4cccc(C#N)c4)cc2OCC3)n(C(C)C)n1. The number of fused-ring (bicyclic) bond motifs is 3. The second-order valence-corrected chi connectivity index (χ2v) is 8.67. The van der Waals surface area contributed by atoms with Gasteiger partial charge in [0.1, 0.15) is 41.6 Å². The minimum Gasteiger partial charge on any atom is -0.491 e. The molecule has 4 aromatic rings. The maximum atomic E-state index is 9.17. The predicted molar refractivity (Wildman–Crippen MR) is 127 cm³/mol. The van der Waals surface area contributed by atoms with Gasteiger partial charge in [0, 0.05) is 18.3 Å². The van der Waals surface area contributed by atoms with Crippen molar-refractivity contribution in [2.45, 2.75) is 46.4 Å². The number of hydrogen-bond donors (Lipinski definition) is 0. The Morgan fingerprint density at radius 2 is 1.94 bits per heavy atom. The van der Waals surface area contributed by atoms with Crippen LogP contribution in [0.25, 0.3) is 22.9 Å². The van der Waals surface area contributed by atoms with Gasteiger partial charge in [-0.1, -0.05) is 12.1 Å². The lowest BCUT2D eigenvalue weighted by molar-refractivity contribution is 0.225. The summed E-state index contributed by atoms with van der Waals surface area (Å²) in [5.74, 6) is 3.76. The van der Waals surface area contributed by atoms with Crippen LogP contribution in [0.2, 0.25) is 0 Å². The Morgan fingerprint density at radius 1 is 1.09 bits per heavy atom. The van der Waals surface area contributed by atoms with Crippen molar-refractivity contribution in [1.82, 2.24) is 24.3 Å². The van der Waals surface area contributed by atoms with Gasteiger partial charge < -0.3 is 14.0 Å². The summed E-state index contributed by atoms with van der Waals surface area (Å²) in [5, 5.41) is 13.7. The zero-order valence-electron chi connectivity index (χ0n) is 19.7. The third kappa shape index (κ3) is 4.01. The van der Waals surface area contributed by atoms with Crippen molar-refractivity contribution in [3.05, 3.63) is 65.6 Å². The summed E-state index contributed by atoms with van der Waals surface area (Å²) in [6.45, 7) is 9.23. The van der Waals surface area contributed by atoms with Crippen LogP contribution in [-0.2, 0) is 6.54 Å². The van der Waals surface area contributed by atoms with Gasteiger partial charge in [-0.05, 0) is 57.5 Å². The van der Waals surface area contributed by atoms with Crippen molar-refractivity contribution in [2.75, 3.05) is 6.61 Å². The second-order valence-electron chi connectivity index (χ2n) is 8.67. The molecule has 0 fully saturated rings. The molecule has 0 amide bonds. The lowest BCUT2D eigenvalue weighted by Gasteiger charge is -2.17. The lowest BCUT2D eigenvalue weighted by Crippen LogP contribution is -2.06. The van der Waals surface area contributed by atoms with Crippen LogP contribution in [0.4, 0.5) is 0 Å². The first-order valence-corrected chi connectivity index (χ1v) is 11.4. The molecule has 8 heteroatoms. The van der Waals surface area contributed by atoms with Gasteiger partial charge in [0.15, 0.2) is 5.82 Å². The fourth-order valence-corrected chi connectivity index (χ4v) is 4.14. The van der Waals surface area contributed by atoms with E-state index in [1.54, 1.807) is 6.07 Å². The highest BCUT2D eigenvalue weighted by atomic mass is 16.5. The van der Waals surface area contributed by atoms with E-state index < -0.39 is 0 Å². The standard InChI is InChI=1S/C26H26N6O2/c1-16(2)32-26(28-18(4)30-32)23-15-31-10-11-33-24-13-21(8-9-22(24)25(31)29-23)34-17(3)20-7-5-6-19(12-20)14-27/h5-9,12-13,15-17H,10-11H2,1-4H3. The van der Waals surface area contributed by atoms with Crippen LogP contribution in [0.5, 0.6) is 11.5 Å². The third-order valence-electron chi connectivity index (χ3n) is 5.81. The van der Waals surface area contributed by atoms with Gasteiger partial charge >= 0.3 is 0 Å². The summed E-state index contributed by atoms with van der Waals surface area (Å²) in [6.07, 6.45) is 1.81. The highest BCUT2D eigenvalue weighted by molar-refractivity contribution is 5.69. The fraction of sp³-hybridized carbons (Fsp3) is 0.308. The van der Waals surface area contributed by atoms with E-state index >= 15 is 0 Å². The minimum atomic E-state index is -0.212. The first-order valence-electron chi connectivity index (χ1n) is 11.4. The maximum Gasteiger partial charge on any atom is 0.178 e. The quantitative estimate of drug-likeness (QED) is 0.417. The van der Waals surface area contributed by atoms with Crippen LogP contribution < -0.4 is 9.47 Å². The number of aryl methyl sites for hydroxylation is 1. The van der Waals surface area contributed by atoms with Gasteiger partial charge in [0.25, 0.3) is 0 Å². The molecule has 3 heterocycles. The van der Waals surface area contributed by atoms with Crippen molar-refractivity contribution in [3.63, 3.8) is 0 Å². The van der Waals surface area contributed by atoms with Crippen molar-refractivity contribution in [2.24, 2.45) is 0 Å². The van der Waals surface area contributed by atoms with E-state index in [9.17, 15) is 0 Å². The predicted octanol–water partition coefficient (Wildman–Crippen LogP) is 5.10. The fourth-order valence-electron chi connectivity index (χ4n) is 4.14. The van der Waals surface area contributed by atoms with E-state index in [0.717, 1.165) is 40.0 Å².